The van der Waals surface area contributed by atoms with Crippen LogP contribution >= 0.6 is 0 Å². The highest BCUT2D eigenvalue weighted by molar-refractivity contribution is 5.99. The summed E-state index contributed by atoms with van der Waals surface area (Å²) >= 11 is 0. The van der Waals surface area contributed by atoms with Crippen molar-refractivity contribution in [2.75, 3.05) is 13.1 Å². The number of rotatable bonds is 3. The zero-order valence-corrected chi connectivity index (χ0v) is 14.5. The van der Waals surface area contributed by atoms with Crippen molar-refractivity contribution in [2.24, 2.45) is 5.92 Å². The van der Waals surface area contributed by atoms with Crippen molar-refractivity contribution in [1.29, 1.82) is 0 Å². The SMILES string of the molecule is CC1=C(C(=O)N2CCC(C(=O)c3ccccc3)CC2)[C@@H](C)NC(=O)N1. The molecule has 1 saturated heterocycles. The van der Waals surface area contributed by atoms with Crippen LogP contribution in [-0.2, 0) is 4.79 Å². The van der Waals surface area contributed by atoms with Crippen LogP contribution in [0.1, 0.15) is 37.0 Å². The third-order valence-electron chi connectivity index (χ3n) is 4.93. The summed E-state index contributed by atoms with van der Waals surface area (Å²) in [6.45, 7) is 4.66. The molecule has 3 amide bonds. The van der Waals surface area contributed by atoms with Crippen LogP contribution in [0.3, 0.4) is 0 Å². The maximum Gasteiger partial charge on any atom is 0.319 e. The van der Waals surface area contributed by atoms with Gasteiger partial charge in [0.05, 0.1) is 11.6 Å². The summed E-state index contributed by atoms with van der Waals surface area (Å²) in [7, 11) is 0. The average Bonchev–Trinajstić information content (AvgIpc) is 2.61. The molecule has 6 heteroatoms. The molecule has 2 N–H and O–H groups in total. The van der Waals surface area contributed by atoms with Gasteiger partial charge in [0.2, 0.25) is 0 Å². The minimum Gasteiger partial charge on any atom is -0.339 e. The lowest BCUT2D eigenvalue weighted by molar-refractivity contribution is -0.128. The number of nitrogens with one attached hydrogen (secondary N) is 2. The number of benzene rings is 1. The third-order valence-corrected chi connectivity index (χ3v) is 4.93. The second kappa shape index (κ2) is 7.09. The number of amides is 3. The van der Waals surface area contributed by atoms with E-state index in [4.69, 9.17) is 0 Å². The van der Waals surface area contributed by atoms with Crippen LogP contribution in [-0.4, -0.2) is 41.8 Å². The summed E-state index contributed by atoms with van der Waals surface area (Å²) in [5.74, 6) is 0.0503. The molecule has 132 valence electrons. The number of hydrogen-bond acceptors (Lipinski definition) is 3. The molecule has 0 bridgehead atoms. The number of hydrogen-bond donors (Lipinski definition) is 2. The lowest BCUT2D eigenvalue weighted by Crippen LogP contribution is -2.51. The number of carbonyl (C=O) groups excluding carboxylic acids is 3. The molecule has 0 aliphatic carbocycles. The van der Waals surface area contributed by atoms with Crippen LogP contribution in [0.4, 0.5) is 4.79 Å². The standard InChI is InChI=1S/C19H23N3O3/c1-12-16(13(2)21-19(25)20-12)18(24)22-10-8-15(9-11-22)17(23)14-6-4-3-5-7-14/h3-7,12,15H,8-11H2,1-2H3,(H2,20,21,25)/t12-/m1/s1. The Labute approximate surface area is 147 Å². The molecule has 0 radical (unpaired) electrons. The van der Waals surface area contributed by atoms with Gasteiger partial charge in [-0.05, 0) is 26.7 Å². The summed E-state index contributed by atoms with van der Waals surface area (Å²) in [4.78, 5) is 38.6. The highest BCUT2D eigenvalue weighted by atomic mass is 16.2. The van der Waals surface area contributed by atoms with Gasteiger partial charge in [0.25, 0.3) is 5.91 Å². The third kappa shape index (κ3) is 3.57. The highest BCUT2D eigenvalue weighted by Gasteiger charge is 2.33. The van der Waals surface area contributed by atoms with Crippen LogP contribution < -0.4 is 10.6 Å². The Bertz CT molecular complexity index is 719. The predicted octanol–water partition coefficient (Wildman–Crippen LogP) is 2.08. The van der Waals surface area contributed by atoms with Gasteiger partial charge in [-0.1, -0.05) is 30.3 Å². The molecule has 1 atom stereocenters. The van der Waals surface area contributed by atoms with Crippen molar-refractivity contribution in [3.8, 4) is 0 Å². The van der Waals surface area contributed by atoms with E-state index in [1.807, 2.05) is 30.3 Å². The zero-order valence-electron chi connectivity index (χ0n) is 14.5. The molecule has 2 aliphatic heterocycles. The van der Waals surface area contributed by atoms with Gasteiger partial charge >= 0.3 is 6.03 Å². The van der Waals surface area contributed by atoms with E-state index in [0.717, 1.165) is 5.56 Å². The molecule has 1 fully saturated rings. The molecule has 0 spiro atoms. The lowest BCUT2D eigenvalue weighted by atomic mass is 9.88. The predicted molar refractivity (Wildman–Crippen MR) is 93.9 cm³/mol. The van der Waals surface area contributed by atoms with E-state index in [-0.39, 0.29) is 29.7 Å². The van der Waals surface area contributed by atoms with Crippen molar-refractivity contribution in [2.45, 2.75) is 32.7 Å². The fourth-order valence-corrected chi connectivity index (χ4v) is 3.57. The van der Waals surface area contributed by atoms with Crippen LogP contribution in [0.15, 0.2) is 41.6 Å². The highest BCUT2D eigenvalue weighted by Crippen LogP contribution is 2.24. The summed E-state index contributed by atoms with van der Waals surface area (Å²) < 4.78 is 0. The molecule has 3 rings (SSSR count). The second-order valence-electron chi connectivity index (χ2n) is 6.66. The first-order valence-electron chi connectivity index (χ1n) is 8.64. The van der Waals surface area contributed by atoms with Crippen LogP contribution in [0.5, 0.6) is 0 Å². The first kappa shape index (κ1) is 17.2. The van der Waals surface area contributed by atoms with Gasteiger partial charge in [0, 0.05) is 30.3 Å². The number of carbonyl (C=O) groups is 3. The minimum atomic E-state index is -0.315. The Morgan fingerprint density at radius 2 is 1.76 bits per heavy atom. The summed E-state index contributed by atoms with van der Waals surface area (Å²) in [6, 6.07) is 8.71. The number of likely N-dealkylation sites (tertiary alicyclic amines) is 1. The Balaban J connectivity index is 1.64. The van der Waals surface area contributed by atoms with Crippen molar-refractivity contribution in [3.05, 3.63) is 47.2 Å². The Morgan fingerprint density at radius 1 is 1.12 bits per heavy atom. The molecule has 6 nitrogen and oxygen atoms in total. The quantitative estimate of drug-likeness (QED) is 0.826. The van der Waals surface area contributed by atoms with Crippen LogP contribution in [0.2, 0.25) is 0 Å². The molecular formula is C19H23N3O3. The van der Waals surface area contributed by atoms with E-state index >= 15 is 0 Å². The molecule has 25 heavy (non-hydrogen) atoms. The summed E-state index contributed by atoms with van der Waals surface area (Å²) in [6.07, 6.45) is 1.33. The van der Waals surface area contributed by atoms with Gasteiger partial charge in [0.1, 0.15) is 0 Å². The van der Waals surface area contributed by atoms with Crippen molar-refractivity contribution in [1.82, 2.24) is 15.5 Å². The van der Waals surface area contributed by atoms with Gasteiger partial charge in [0.15, 0.2) is 5.78 Å². The number of allylic oxidation sites excluding steroid dienone is 1. The lowest BCUT2D eigenvalue weighted by Gasteiger charge is -2.34. The number of Topliss-reactive ketones (excluding diaryl/α,β-unsaturated/α-hetero) is 1. The molecule has 0 unspecified atom stereocenters. The number of nitrogens with zero attached hydrogens (tertiary/aromatic N) is 1. The van der Waals surface area contributed by atoms with Crippen LogP contribution in [0.25, 0.3) is 0 Å². The molecule has 1 aromatic rings. The average molecular weight is 341 g/mol. The number of urea groups is 1. The summed E-state index contributed by atoms with van der Waals surface area (Å²) in [5, 5.41) is 5.37. The van der Waals surface area contributed by atoms with Gasteiger partial charge in [-0.2, -0.15) is 0 Å². The molecular weight excluding hydrogens is 318 g/mol. The fraction of sp³-hybridized carbons (Fsp3) is 0.421. The fourth-order valence-electron chi connectivity index (χ4n) is 3.57. The number of piperidine rings is 1. The smallest absolute Gasteiger partial charge is 0.319 e. The number of ketones is 1. The molecule has 2 heterocycles. The second-order valence-corrected chi connectivity index (χ2v) is 6.66. The van der Waals surface area contributed by atoms with E-state index in [9.17, 15) is 14.4 Å². The van der Waals surface area contributed by atoms with E-state index in [0.29, 0.717) is 37.2 Å². The Morgan fingerprint density at radius 3 is 2.36 bits per heavy atom. The van der Waals surface area contributed by atoms with E-state index in [1.165, 1.54) is 0 Å². The molecule has 0 saturated carbocycles. The van der Waals surface area contributed by atoms with Crippen molar-refractivity contribution >= 4 is 17.7 Å². The van der Waals surface area contributed by atoms with E-state index in [1.54, 1.807) is 18.7 Å². The van der Waals surface area contributed by atoms with Gasteiger partial charge < -0.3 is 15.5 Å². The maximum atomic E-state index is 12.8. The zero-order chi connectivity index (χ0) is 18.0. The van der Waals surface area contributed by atoms with Gasteiger partial charge in [-0.25, -0.2) is 4.79 Å². The molecule has 2 aliphatic rings. The van der Waals surface area contributed by atoms with E-state index in [2.05, 4.69) is 10.6 Å². The summed E-state index contributed by atoms with van der Waals surface area (Å²) in [5.41, 5.74) is 1.93. The molecule has 0 aromatic heterocycles. The van der Waals surface area contributed by atoms with Crippen molar-refractivity contribution < 1.29 is 14.4 Å². The monoisotopic (exact) mass is 341 g/mol. The topological polar surface area (TPSA) is 78.5 Å². The Kier molecular flexibility index (Phi) is 4.88. The van der Waals surface area contributed by atoms with Crippen molar-refractivity contribution in [3.63, 3.8) is 0 Å². The Hall–Kier alpha value is -2.63. The van der Waals surface area contributed by atoms with Crippen LogP contribution in [0, 0.1) is 5.92 Å². The minimum absolute atomic E-state index is 0.0388. The largest absolute Gasteiger partial charge is 0.339 e. The first-order chi connectivity index (χ1) is 12.0. The van der Waals surface area contributed by atoms with Gasteiger partial charge in [-0.15, -0.1) is 0 Å². The molecule has 1 aromatic carbocycles. The van der Waals surface area contributed by atoms with Gasteiger partial charge in [-0.3, -0.25) is 9.59 Å². The maximum absolute atomic E-state index is 12.8. The first-order valence-corrected chi connectivity index (χ1v) is 8.64. The van der Waals surface area contributed by atoms with E-state index < -0.39 is 0 Å². The normalized spacial score (nSPS) is 21.6.